The van der Waals surface area contributed by atoms with E-state index in [0.29, 0.717) is 21.2 Å². The first-order valence-electron chi connectivity index (χ1n) is 5.98. The molecule has 0 unspecified atom stereocenters. The van der Waals surface area contributed by atoms with Gasteiger partial charge in [-0.2, -0.15) is 0 Å². The summed E-state index contributed by atoms with van der Waals surface area (Å²) in [4.78, 5) is 4.15. The first-order chi connectivity index (χ1) is 10.0. The zero-order chi connectivity index (χ0) is 15.1. The molecule has 1 aromatic heterocycles. The molecule has 0 aliphatic carbocycles. The van der Waals surface area contributed by atoms with Crippen molar-refractivity contribution in [3.05, 3.63) is 46.4 Å². The highest BCUT2D eigenvalue weighted by atomic mass is 79.9. The Morgan fingerprint density at radius 3 is 2.62 bits per heavy atom. The minimum atomic E-state index is -0.533. The maximum atomic E-state index is 13.8. The van der Waals surface area contributed by atoms with Gasteiger partial charge in [0.2, 0.25) is 5.95 Å². The van der Waals surface area contributed by atoms with Gasteiger partial charge in [-0.1, -0.05) is 0 Å². The van der Waals surface area contributed by atoms with Crippen molar-refractivity contribution in [2.24, 2.45) is 0 Å². The number of benzene rings is 2. The van der Waals surface area contributed by atoms with Crippen molar-refractivity contribution in [1.82, 2.24) is 9.55 Å². The molecule has 3 rings (SSSR count). The second-order valence-electron chi connectivity index (χ2n) is 4.38. The van der Waals surface area contributed by atoms with Crippen LogP contribution in [0.2, 0.25) is 0 Å². The summed E-state index contributed by atoms with van der Waals surface area (Å²) >= 11 is 3.10. The molecule has 108 valence electrons. The number of imidazole rings is 1. The number of anilines is 1. The van der Waals surface area contributed by atoms with Gasteiger partial charge in [0.25, 0.3) is 0 Å². The fourth-order valence-corrected chi connectivity index (χ4v) is 2.49. The Hall–Kier alpha value is -2.15. The smallest absolute Gasteiger partial charge is 0.205 e. The number of aromatic nitrogens is 2. The summed E-state index contributed by atoms with van der Waals surface area (Å²) in [5, 5.41) is 0. The molecule has 1 heterocycles. The van der Waals surface area contributed by atoms with Crippen LogP contribution in [0.3, 0.4) is 0 Å². The van der Waals surface area contributed by atoms with Crippen LogP contribution in [0.25, 0.3) is 16.7 Å². The molecule has 0 bridgehead atoms. The van der Waals surface area contributed by atoms with Crippen molar-refractivity contribution in [3.63, 3.8) is 0 Å². The van der Waals surface area contributed by atoms with E-state index in [9.17, 15) is 8.78 Å². The first kappa shape index (κ1) is 13.8. The zero-order valence-electron chi connectivity index (χ0n) is 10.9. The molecule has 0 spiro atoms. The summed E-state index contributed by atoms with van der Waals surface area (Å²) in [5.74, 6) is -0.714. The van der Waals surface area contributed by atoms with E-state index in [0.717, 1.165) is 0 Å². The van der Waals surface area contributed by atoms with E-state index in [1.54, 1.807) is 6.07 Å². The molecule has 0 aliphatic heterocycles. The third-order valence-electron chi connectivity index (χ3n) is 3.12. The van der Waals surface area contributed by atoms with Gasteiger partial charge in [0.15, 0.2) is 11.6 Å². The fourth-order valence-electron chi connectivity index (χ4n) is 2.16. The van der Waals surface area contributed by atoms with E-state index in [-0.39, 0.29) is 11.7 Å². The quantitative estimate of drug-likeness (QED) is 0.764. The van der Waals surface area contributed by atoms with Crippen molar-refractivity contribution in [1.29, 1.82) is 0 Å². The van der Waals surface area contributed by atoms with Gasteiger partial charge >= 0.3 is 0 Å². The summed E-state index contributed by atoms with van der Waals surface area (Å²) in [6.07, 6.45) is 0. The Morgan fingerprint density at radius 2 is 1.95 bits per heavy atom. The molecule has 2 aromatic carbocycles. The van der Waals surface area contributed by atoms with Gasteiger partial charge < -0.3 is 10.5 Å². The zero-order valence-corrected chi connectivity index (χ0v) is 12.5. The predicted molar refractivity (Wildman–Crippen MR) is 79.7 cm³/mol. The van der Waals surface area contributed by atoms with Crippen LogP contribution in [-0.2, 0) is 0 Å². The van der Waals surface area contributed by atoms with Crippen LogP contribution in [0.5, 0.6) is 5.75 Å². The molecule has 2 N–H and O–H groups in total. The summed E-state index contributed by atoms with van der Waals surface area (Å²) in [6.45, 7) is 0. The predicted octanol–water partition coefficient (Wildman–Crippen LogP) is 3.66. The topological polar surface area (TPSA) is 53.1 Å². The standard InChI is InChI=1S/C14H10BrF2N3O/c1-21-13-3-2-7(4-10(13)17)20-12-6-9(16)8(15)5-11(12)19-14(20)18/h2-6H,1H3,(H2,18,19). The van der Waals surface area contributed by atoms with Gasteiger partial charge in [-0.25, -0.2) is 13.8 Å². The van der Waals surface area contributed by atoms with E-state index in [1.807, 2.05) is 0 Å². The highest BCUT2D eigenvalue weighted by molar-refractivity contribution is 9.10. The Labute approximate surface area is 127 Å². The monoisotopic (exact) mass is 353 g/mol. The van der Waals surface area contributed by atoms with Crippen LogP contribution in [-0.4, -0.2) is 16.7 Å². The molecule has 4 nitrogen and oxygen atoms in total. The Balaban J connectivity index is 2.27. The molecular formula is C14H10BrF2N3O. The first-order valence-corrected chi connectivity index (χ1v) is 6.77. The molecule has 0 saturated carbocycles. The molecule has 0 radical (unpaired) electrons. The van der Waals surface area contributed by atoms with Gasteiger partial charge in [0.05, 0.1) is 28.3 Å². The summed E-state index contributed by atoms with van der Waals surface area (Å²) < 4.78 is 34.2. The Morgan fingerprint density at radius 1 is 1.19 bits per heavy atom. The van der Waals surface area contributed by atoms with Crippen molar-refractivity contribution in [2.45, 2.75) is 0 Å². The number of rotatable bonds is 2. The van der Waals surface area contributed by atoms with Crippen LogP contribution >= 0.6 is 15.9 Å². The van der Waals surface area contributed by atoms with E-state index < -0.39 is 11.6 Å². The number of ether oxygens (including phenoxy) is 1. The molecule has 0 amide bonds. The molecule has 21 heavy (non-hydrogen) atoms. The SMILES string of the molecule is COc1ccc(-n2c(N)nc3cc(Br)c(F)cc32)cc1F. The minimum absolute atomic E-state index is 0.121. The number of fused-ring (bicyclic) bond motifs is 1. The lowest BCUT2D eigenvalue weighted by atomic mass is 10.2. The maximum absolute atomic E-state index is 13.8. The summed E-state index contributed by atoms with van der Waals surface area (Å²) in [5.41, 5.74) is 7.27. The third kappa shape index (κ3) is 2.23. The van der Waals surface area contributed by atoms with Crippen LogP contribution in [0.4, 0.5) is 14.7 Å². The number of hydrogen-bond acceptors (Lipinski definition) is 3. The lowest BCUT2D eigenvalue weighted by molar-refractivity contribution is 0.386. The highest BCUT2D eigenvalue weighted by Crippen LogP contribution is 2.29. The van der Waals surface area contributed by atoms with Crippen LogP contribution in [0.1, 0.15) is 0 Å². The van der Waals surface area contributed by atoms with E-state index in [2.05, 4.69) is 20.9 Å². The third-order valence-corrected chi connectivity index (χ3v) is 3.72. The molecule has 3 aromatic rings. The van der Waals surface area contributed by atoms with Gasteiger partial charge in [0.1, 0.15) is 5.82 Å². The van der Waals surface area contributed by atoms with Gasteiger partial charge in [-0.05, 0) is 34.1 Å². The maximum Gasteiger partial charge on any atom is 0.205 e. The second-order valence-corrected chi connectivity index (χ2v) is 5.23. The molecule has 0 saturated heterocycles. The van der Waals surface area contributed by atoms with Crippen LogP contribution in [0, 0.1) is 11.6 Å². The lowest BCUT2D eigenvalue weighted by Gasteiger charge is -2.09. The largest absolute Gasteiger partial charge is 0.494 e. The van der Waals surface area contributed by atoms with Crippen molar-refractivity contribution in [3.8, 4) is 11.4 Å². The molecule has 0 fully saturated rings. The molecular weight excluding hydrogens is 344 g/mol. The van der Waals surface area contributed by atoms with Gasteiger partial charge in [0, 0.05) is 12.1 Å². The number of nitrogens with two attached hydrogens (primary N) is 1. The number of nitrogens with zero attached hydrogens (tertiary/aromatic N) is 2. The van der Waals surface area contributed by atoms with Gasteiger partial charge in [-0.3, -0.25) is 4.57 Å². The normalized spacial score (nSPS) is 11.0. The second kappa shape index (κ2) is 5.00. The number of halogens is 3. The highest BCUT2D eigenvalue weighted by Gasteiger charge is 2.14. The summed E-state index contributed by atoms with van der Waals surface area (Å²) in [7, 11) is 1.38. The van der Waals surface area contributed by atoms with Crippen LogP contribution < -0.4 is 10.5 Å². The number of nitrogen functional groups attached to an aromatic ring is 1. The summed E-state index contributed by atoms with van der Waals surface area (Å²) in [6, 6.07) is 7.18. The minimum Gasteiger partial charge on any atom is -0.494 e. The Kier molecular flexibility index (Phi) is 3.29. The lowest BCUT2D eigenvalue weighted by Crippen LogP contribution is -2.01. The van der Waals surface area contributed by atoms with Gasteiger partial charge in [-0.15, -0.1) is 0 Å². The average molecular weight is 354 g/mol. The molecule has 0 aliphatic rings. The van der Waals surface area contributed by atoms with E-state index >= 15 is 0 Å². The Bertz CT molecular complexity index is 848. The molecule has 0 atom stereocenters. The number of methoxy groups -OCH3 is 1. The fraction of sp³-hybridized carbons (Fsp3) is 0.0714. The van der Waals surface area contributed by atoms with Crippen molar-refractivity contribution < 1.29 is 13.5 Å². The van der Waals surface area contributed by atoms with Crippen molar-refractivity contribution >= 4 is 32.9 Å². The average Bonchev–Trinajstić information content (AvgIpc) is 2.74. The van der Waals surface area contributed by atoms with E-state index in [1.165, 1.54) is 35.9 Å². The number of hydrogen-bond donors (Lipinski definition) is 1. The van der Waals surface area contributed by atoms with Crippen LogP contribution in [0.15, 0.2) is 34.8 Å². The van der Waals surface area contributed by atoms with Crippen molar-refractivity contribution in [2.75, 3.05) is 12.8 Å². The molecule has 7 heteroatoms. The van der Waals surface area contributed by atoms with E-state index in [4.69, 9.17) is 10.5 Å².